The number of carbonyl (C=O) groups excluding carboxylic acids is 2. The Kier molecular flexibility index (Phi) is 5.60. The van der Waals surface area contributed by atoms with E-state index in [1.54, 1.807) is 16.7 Å². The van der Waals surface area contributed by atoms with Crippen LogP contribution in [-0.4, -0.2) is 59.6 Å². The number of hydrogen-bond donors (Lipinski definition) is 0. The molecule has 0 saturated carbocycles. The summed E-state index contributed by atoms with van der Waals surface area (Å²) in [5, 5.41) is 4.33. The summed E-state index contributed by atoms with van der Waals surface area (Å²) in [6.45, 7) is 3.77. The van der Waals surface area contributed by atoms with Gasteiger partial charge in [-0.3, -0.25) is 9.59 Å². The molecule has 4 rings (SSSR count). The van der Waals surface area contributed by atoms with Crippen molar-refractivity contribution in [2.45, 2.75) is 25.4 Å². The molecule has 6 heteroatoms. The van der Waals surface area contributed by atoms with Crippen molar-refractivity contribution in [3.05, 3.63) is 71.8 Å². The summed E-state index contributed by atoms with van der Waals surface area (Å²) >= 11 is 0. The normalized spacial score (nSPS) is 19.1. The quantitative estimate of drug-likeness (QED) is 0.805. The number of amides is 2. The number of piperazine rings is 1. The monoisotopic (exact) mass is 391 g/mol. The molecule has 2 aliphatic rings. The predicted molar refractivity (Wildman–Crippen MR) is 110 cm³/mol. The SMILES string of the molecule is CC(=O)N1CCN(C(=O)[C@H]2CC(C(c3ccccc3)c3ccccc3)=NO2)CC1. The first-order valence-corrected chi connectivity index (χ1v) is 10.0. The van der Waals surface area contributed by atoms with E-state index in [2.05, 4.69) is 29.4 Å². The predicted octanol–water partition coefficient (Wildman–Crippen LogP) is 2.65. The van der Waals surface area contributed by atoms with Gasteiger partial charge in [-0.05, 0) is 11.1 Å². The molecule has 2 aliphatic heterocycles. The average molecular weight is 391 g/mol. The summed E-state index contributed by atoms with van der Waals surface area (Å²) in [6, 6.07) is 20.4. The van der Waals surface area contributed by atoms with E-state index >= 15 is 0 Å². The second kappa shape index (κ2) is 8.47. The van der Waals surface area contributed by atoms with Gasteiger partial charge in [0.05, 0.1) is 11.6 Å². The Morgan fingerprint density at radius 2 is 1.41 bits per heavy atom. The molecule has 0 unspecified atom stereocenters. The Bertz CT molecular complexity index is 851. The van der Waals surface area contributed by atoms with Crippen LogP contribution in [0.1, 0.15) is 30.4 Å². The molecule has 0 bridgehead atoms. The fraction of sp³-hybridized carbons (Fsp3) is 0.348. The molecule has 2 amide bonds. The zero-order chi connectivity index (χ0) is 20.2. The van der Waals surface area contributed by atoms with E-state index in [0.29, 0.717) is 32.6 Å². The molecule has 150 valence electrons. The molecular formula is C23H25N3O3. The first-order chi connectivity index (χ1) is 14.1. The van der Waals surface area contributed by atoms with Gasteiger partial charge >= 0.3 is 0 Å². The standard InChI is InChI=1S/C23H25N3O3/c1-17(27)25-12-14-26(15-13-25)23(28)21-16-20(24-29-21)22(18-8-4-2-5-9-18)19-10-6-3-7-11-19/h2-11,21-22H,12-16H2,1H3/t21-/m1/s1. The van der Waals surface area contributed by atoms with Crippen LogP contribution in [0.2, 0.25) is 0 Å². The molecule has 6 nitrogen and oxygen atoms in total. The zero-order valence-corrected chi connectivity index (χ0v) is 16.5. The lowest BCUT2D eigenvalue weighted by molar-refractivity contribution is -0.146. The summed E-state index contributed by atoms with van der Waals surface area (Å²) in [4.78, 5) is 33.6. The van der Waals surface area contributed by atoms with Gasteiger partial charge in [0.1, 0.15) is 0 Å². The molecule has 2 heterocycles. The van der Waals surface area contributed by atoms with Gasteiger partial charge in [-0.2, -0.15) is 0 Å². The van der Waals surface area contributed by atoms with Crippen molar-refractivity contribution in [3.8, 4) is 0 Å². The third-order valence-electron chi connectivity index (χ3n) is 5.60. The van der Waals surface area contributed by atoms with E-state index in [1.807, 2.05) is 36.4 Å². The first kappa shape index (κ1) is 19.2. The van der Waals surface area contributed by atoms with Gasteiger partial charge in [0, 0.05) is 39.5 Å². The van der Waals surface area contributed by atoms with E-state index < -0.39 is 6.10 Å². The van der Waals surface area contributed by atoms with Crippen LogP contribution in [0, 0.1) is 0 Å². The molecule has 1 saturated heterocycles. The minimum atomic E-state index is -0.594. The highest BCUT2D eigenvalue weighted by atomic mass is 16.6. The maximum absolute atomic E-state index is 12.9. The van der Waals surface area contributed by atoms with Crippen LogP contribution in [-0.2, 0) is 14.4 Å². The maximum Gasteiger partial charge on any atom is 0.267 e. The molecule has 29 heavy (non-hydrogen) atoms. The first-order valence-electron chi connectivity index (χ1n) is 10.0. The van der Waals surface area contributed by atoms with Crippen molar-refractivity contribution in [1.29, 1.82) is 0 Å². The molecule has 0 spiro atoms. The van der Waals surface area contributed by atoms with Crippen LogP contribution in [0.4, 0.5) is 0 Å². The van der Waals surface area contributed by atoms with Gasteiger partial charge in [-0.1, -0.05) is 65.8 Å². The fourth-order valence-corrected chi connectivity index (χ4v) is 4.01. The summed E-state index contributed by atoms with van der Waals surface area (Å²) < 4.78 is 0. The van der Waals surface area contributed by atoms with Crippen LogP contribution in [0.5, 0.6) is 0 Å². The number of oxime groups is 1. The van der Waals surface area contributed by atoms with Crippen molar-refractivity contribution in [3.63, 3.8) is 0 Å². The minimum absolute atomic E-state index is 0.0373. The molecule has 2 aromatic carbocycles. The molecule has 1 fully saturated rings. The van der Waals surface area contributed by atoms with Gasteiger partial charge in [-0.15, -0.1) is 0 Å². The van der Waals surface area contributed by atoms with Crippen LogP contribution in [0.15, 0.2) is 65.8 Å². The number of hydrogen-bond acceptors (Lipinski definition) is 4. The van der Waals surface area contributed by atoms with Crippen molar-refractivity contribution in [2.24, 2.45) is 5.16 Å². The third kappa shape index (κ3) is 4.16. The second-order valence-corrected chi connectivity index (χ2v) is 7.47. The van der Waals surface area contributed by atoms with E-state index in [4.69, 9.17) is 4.84 Å². The van der Waals surface area contributed by atoms with Gasteiger partial charge in [-0.25, -0.2) is 0 Å². The lowest BCUT2D eigenvalue weighted by atomic mass is 9.85. The van der Waals surface area contributed by atoms with Crippen LogP contribution in [0.25, 0.3) is 0 Å². The number of benzene rings is 2. The van der Waals surface area contributed by atoms with Gasteiger partial charge in [0.2, 0.25) is 12.0 Å². The summed E-state index contributed by atoms with van der Waals surface area (Å²) in [6.07, 6.45) is -0.121. The van der Waals surface area contributed by atoms with E-state index in [-0.39, 0.29) is 17.7 Å². The minimum Gasteiger partial charge on any atom is -0.382 e. The smallest absolute Gasteiger partial charge is 0.267 e. The number of rotatable bonds is 4. The summed E-state index contributed by atoms with van der Waals surface area (Å²) in [5.41, 5.74) is 3.12. The van der Waals surface area contributed by atoms with Gasteiger partial charge < -0.3 is 14.6 Å². The van der Waals surface area contributed by atoms with Crippen molar-refractivity contribution >= 4 is 17.5 Å². The van der Waals surface area contributed by atoms with E-state index in [0.717, 1.165) is 16.8 Å². The van der Waals surface area contributed by atoms with Crippen LogP contribution < -0.4 is 0 Å². The highest BCUT2D eigenvalue weighted by molar-refractivity contribution is 5.98. The second-order valence-electron chi connectivity index (χ2n) is 7.47. The summed E-state index contributed by atoms with van der Waals surface area (Å²) in [7, 11) is 0. The Labute approximate surface area is 170 Å². The Morgan fingerprint density at radius 3 is 1.93 bits per heavy atom. The summed E-state index contributed by atoms with van der Waals surface area (Å²) in [5.74, 6) is -0.0371. The Balaban J connectivity index is 1.47. The Morgan fingerprint density at radius 1 is 0.897 bits per heavy atom. The van der Waals surface area contributed by atoms with Crippen LogP contribution >= 0.6 is 0 Å². The van der Waals surface area contributed by atoms with Gasteiger partial charge in [0.15, 0.2) is 0 Å². The average Bonchev–Trinajstić information content (AvgIpc) is 3.24. The molecule has 2 aromatic rings. The van der Waals surface area contributed by atoms with Gasteiger partial charge in [0.25, 0.3) is 5.91 Å². The van der Waals surface area contributed by atoms with Crippen molar-refractivity contribution in [1.82, 2.24) is 9.80 Å². The fourth-order valence-electron chi connectivity index (χ4n) is 4.01. The highest BCUT2D eigenvalue weighted by Crippen LogP contribution is 2.31. The third-order valence-corrected chi connectivity index (χ3v) is 5.60. The molecular weight excluding hydrogens is 366 g/mol. The van der Waals surface area contributed by atoms with E-state index in [1.165, 1.54) is 0 Å². The largest absolute Gasteiger partial charge is 0.382 e. The lowest BCUT2D eigenvalue weighted by Gasteiger charge is -2.34. The Hall–Kier alpha value is -3.15. The lowest BCUT2D eigenvalue weighted by Crippen LogP contribution is -2.52. The topological polar surface area (TPSA) is 62.2 Å². The van der Waals surface area contributed by atoms with Crippen LogP contribution in [0.3, 0.4) is 0 Å². The number of carbonyl (C=O) groups is 2. The van der Waals surface area contributed by atoms with Crippen molar-refractivity contribution < 1.29 is 14.4 Å². The zero-order valence-electron chi connectivity index (χ0n) is 16.5. The van der Waals surface area contributed by atoms with E-state index in [9.17, 15) is 9.59 Å². The molecule has 0 radical (unpaired) electrons. The molecule has 0 N–H and O–H groups in total. The number of nitrogens with zero attached hydrogens (tertiary/aromatic N) is 3. The maximum atomic E-state index is 12.9. The molecule has 0 aliphatic carbocycles. The highest BCUT2D eigenvalue weighted by Gasteiger charge is 2.36. The van der Waals surface area contributed by atoms with Crippen molar-refractivity contribution in [2.75, 3.05) is 26.2 Å². The molecule has 1 atom stereocenters. The molecule has 0 aromatic heterocycles.